The molecule has 1 aromatic rings. The van der Waals surface area contributed by atoms with Gasteiger partial charge in [0.25, 0.3) is 0 Å². The van der Waals surface area contributed by atoms with Gasteiger partial charge in [-0.2, -0.15) is 0 Å². The average molecular weight is 464 g/mol. The van der Waals surface area contributed by atoms with E-state index < -0.39 is 29.7 Å². The number of benzene rings is 1. The molecule has 0 bridgehead atoms. The molecule has 2 atom stereocenters. The van der Waals surface area contributed by atoms with E-state index in [0.717, 1.165) is 11.8 Å². The Kier molecular flexibility index (Phi) is 12.8. The molecular weight excluding hydrogens is 426 g/mol. The number of nitrogens with two attached hydrogens (primary N) is 1. The van der Waals surface area contributed by atoms with Gasteiger partial charge in [0.2, 0.25) is 5.91 Å². The smallest absolute Gasteiger partial charge is 0.408 e. The molecular formula is C24H37N3O6. The van der Waals surface area contributed by atoms with Crippen LogP contribution in [0.2, 0.25) is 0 Å². The second-order valence-corrected chi connectivity index (χ2v) is 8.78. The summed E-state index contributed by atoms with van der Waals surface area (Å²) in [6.45, 7) is 5.73. The second-order valence-electron chi connectivity index (χ2n) is 8.78. The SMILES string of the molecule is CC(C)(C)OC(=O)N[C@@H](CCCC(N)C(=O)OCc1ccccc1)C(=O)NCCCCC=O. The predicted octanol–water partition coefficient (Wildman–Crippen LogP) is 2.61. The molecule has 1 unspecified atom stereocenters. The first-order valence-corrected chi connectivity index (χ1v) is 11.3. The van der Waals surface area contributed by atoms with Gasteiger partial charge in [0.1, 0.15) is 30.6 Å². The highest BCUT2D eigenvalue weighted by atomic mass is 16.6. The Morgan fingerprint density at radius 1 is 1.06 bits per heavy atom. The van der Waals surface area contributed by atoms with Crippen molar-refractivity contribution in [1.29, 1.82) is 0 Å². The Balaban J connectivity index is 2.52. The summed E-state index contributed by atoms with van der Waals surface area (Å²) in [4.78, 5) is 47.3. The van der Waals surface area contributed by atoms with E-state index in [0.29, 0.717) is 38.6 Å². The minimum absolute atomic E-state index is 0.142. The summed E-state index contributed by atoms with van der Waals surface area (Å²) < 4.78 is 10.5. The summed E-state index contributed by atoms with van der Waals surface area (Å²) in [6.07, 6.45) is 2.90. The van der Waals surface area contributed by atoms with Crippen LogP contribution >= 0.6 is 0 Å². The van der Waals surface area contributed by atoms with Crippen LogP contribution in [-0.2, 0) is 30.5 Å². The lowest BCUT2D eigenvalue weighted by atomic mass is 10.1. The topological polar surface area (TPSA) is 137 Å². The van der Waals surface area contributed by atoms with Gasteiger partial charge in [0.15, 0.2) is 0 Å². The first-order chi connectivity index (χ1) is 15.6. The third kappa shape index (κ3) is 13.3. The van der Waals surface area contributed by atoms with Gasteiger partial charge in [0, 0.05) is 13.0 Å². The third-order valence-electron chi connectivity index (χ3n) is 4.59. The number of alkyl carbamates (subject to hydrolysis) is 1. The molecule has 0 aromatic heterocycles. The van der Waals surface area contributed by atoms with Crippen molar-refractivity contribution in [1.82, 2.24) is 10.6 Å². The maximum Gasteiger partial charge on any atom is 0.408 e. The molecule has 9 heteroatoms. The molecule has 0 fully saturated rings. The number of carbonyl (C=O) groups excluding carboxylic acids is 4. The molecule has 33 heavy (non-hydrogen) atoms. The second kappa shape index (κ2) is 15.0. The molecule has 0 aliphatic rings. The summed E-state index contributed by atoms with van der Waals surface area (Å²) >= 11 is 0. The van der Waals surface area contributed by atoms with E-state index >= 15 is 0 Å². The molecule has 0 spiro atoms. The first kappa shape index (κ1) is 28.1. The van der Waals surface area contributed by atoms with Crippen LogP contribution in [0.3, 0.4) is 0 Å². The zero-order chi connectivity index (χ0) is 24.7. The predicted molar refractivity (Wildman–Crippen MR) is 124 cm³/mol. The summed E-state index contributed by atoms with van der Waals surface area (Å²) in [6, 6.07) is 7.62. The number of hydrogen-bond donors (Lipinski definition) is 3. The minimum atomic E-state index is -0.835. The van der Waals surface area contributed by atoms with Crippen LogP contribution in [0.1, 0.15) is 64.9 Å². The van der Waals surface area contributed by atoms with Gasteiger partial charge in [-0.1, -0.05) is 30.3 Å². The number of nitrogens with one attached hydrogen (secondary N) is 2. The van der Waals surface area contributed by atoms with Crippen molar-refractivity contribution in [3.05, 3.63) is 35.9 Å². The molecule has 0 aliphatic carbocycles. The van der Waals surface area contributed by atoms with E-state index in [4.69, 9.17) is 15.2 Å². The molecule has 0 heterocycles. The Labute approximate surface area is 195 Å². The summed E-state index contributed by atoms with van der Waals surface area (Å²) in [5.41, 5.74) is 6.10. The number of carbonyl (C=O) groups is 4. The standard InChI is InChI=1S/C24H37N3O6/c1-24(2,3)33-23(31)27-20(21(29)26-15-8-5-9-16-28)14-10-13-19(25)22(30)32-17-18-11-6-4-7-12-18/h4,6-7,11-12,16,19-20H,5,8-10,13-15,17,25H2,1-3H3,(H,26,29)(H,27,31)/t19?,20-/m0/s1. The number of esters is 1. The Bertz CT molecular complexity index is 748. The van der Waals surface area contributed by atoms with Crippen molar-refractivity contribution in [2.75, 3.05) is 6.54 Å². The molecule has 0 saturated heterocycles. The molecule has 0 radical (unpaired) electrons. The van der Waals surface area contributed by atoms with Gasteiger partial charge in [-0.15, -0.1) is 0 Å². The van der Waals surface area contributed by atoms with Crippen molar-refractivity contribution < 1.29 is 28.7 Å². The summed E-state index contributed by atoms with van der Waals surface area (Å²) in [7, 11) is 0. The van der Waals surface area contributed by atoms with Gasteiger partial charge < -0.3 is 30.6 Å². The number of hydrogen-bond acceptors (Lipinski definition) is 7. The number of ether oxygens (including phenoxy) is 2. The zero-order valence-electron chi connectivity index (χ0n) is 19.8. The van der Waals surface area contributed by atoms with Crippen LogP contribution in [-0.4, -0.2) is 48.5 Å². The Hall–Kier alpha value is -2.94. The molecule has 184 valence electrons. The molecule has 1 aromatic carbocycles. The third-order valence-corrected chi connectivity index (χ3v) is 4.59. The van der Waals surface area contributed by atoms with E-state index in [2.05, 4.69) is 10.6 Å². The minimum Gasteiger partial charge on any atom is -0.460 e. The maximum absolute atomic E-state index is 12.6. The summed E-state index contributed by atoms with van der Waals surface area (Å²) in [5, 5.41) is 5.35. The summed E-state index contributed by atoms with van der Waals surface area (Å²) in [5.74, 6) is -0.873. The Morgan fingerprint density at radius 3 is 2.39 bits per heavy atom. The molecule has 9 nitrogen and oxygen atoms in total. The normalized spacial score (nSPS) is 12.8. The fourth-order valence-corrected chi connectivity index (χ4v) is 2.90. The molecule has 2 amide bonds. The molecule has 4 N–H and O–H groups in total. The van der Waals surface area contributed by atoms with Crippen molar-refractivity contribution in [3.63, 3.8) is 0 Å². The van der Waals surface area contributed by atoms with Crippen LogP contribution in [0.15, 0.2) is 30.3 Å². The highest BCUT2D eigenvalue weighted by Crippen LogP contribution is 2.10. The van der Waals surface area contributed by atoms with Crippen LogP contribution in [0.25, 0.3) is 0 Å². The van der Waals surface area contributed by atoms with E-state index in [9.17, 15) is 19.2 Å². The molecule has 1 rings (SSSR count). The van der Waals surface area contributed by atoms with Gasteiger partial charge in [-0.05, 0) is 58.4 Å². The van der Waals surface area contributed by atoms with Gasteiger partial charge >= 0.3 is 12.1 Å². The van der Waals surface area contributed by atoms with Crippen molar-refractivity contribution in [2.24, 2.45) is 5.73 Å². The monoisotopic (exact) mass is 463 g/mol. The van der Waals surface area contributed by atoms with E-state index in [1.165, 1.54) is 0 Å². The average Bonchev–Trinajstić information content (AvgIpc) is 2.75. The molecule has 0 saturated carbocycles. The number of amides is 2. The van der Waals surface area contributed by atoms with Crippen LogP contribution in [0.5, 0.6) is 0 Å². The highest BCUT2D eigenvalue weighted by molar-refractivity contribution is 5.85. The fourth-order valence-electron chi connectivity index (χ4n) is 2.90. The zero-order valence-corrected chi connectivity index (χ0v) is 19.8. The van der Waals surface area contributed by atoms with Crippen molar-refractivity contribution >= 4 is 24.3 Å². The maximum atomic E-state index is 12.6. The first-order valence-electron chi connectivity index (χ1n) is 11.3. The number of unbranched alkanes of at least 4 members (excludes halogenated alkanes) is 2. The van der Waals surface area contributed by atoms with E-state index in [1.54, 1.807) is 20.8 Å². The fraction of sp³-hybridized carbons (Fsp3) is 0.583. The van der Waals surface area contributed by atoms with E-state index in [-0.39, 0.29) is 18.9 Å². The largest absolute Gasteiger partial charge is 0.460 e. The van der Waals surface area contributed by atoms with Crippen molar-refractivity contribution in [3.8, 4) is 0 Å². The van der Waals surface area contributed by atoms with Gasteiger partial charge in [-0.3, -0.25) is 9.59 Å². The lowest BCUT2D eigenvalue weighted by Gasteiger charge is -2.23. The van der Waals surface area contributed by atoms with Crippen molar-refractivity contribution in [2.45, 2.75) is 83.6 Å². The van der Waals surface area contributed by atoms with Crippen LogP contribution in [0, 0.1) is 0 Å². The number of rotatable bonds is 14. The quantitative estimate of drug-likeness (QED) is 0.219. The number of aldehydes is 1. The van der Waals surface area contributed by atoms with Crippen LogP contribution < -0.4 is 16.4 Å². The Morgan fingerprint density at radius 2 is 1.76 bits per heavy atom. The van der Waals surface area contributed by atoms with Crippen LogP contribution in [0.4, 0.5) is 4.79 Å². The van der Waals surface area contributed by atoms with E-state index in [1.807, 2.05) is 30.3 Å². The lowest BCUT2D eigenvalue weighted by molar-refractivity contribution is -0.146. The lowest BCUT2D eigenvalue weighted by Crippen LogP contribution is -2.48. The van der Waals surface area contributed by atoms with Gasteiger partial charge in [-0.25, -0.2) is 4.79 Å². The van der Waals surface area contributed by atoms with Gasteiger partial charge in [0.05, 0.1) is 0 Å². The highest BCUT2D eigenvalue weighted by Gasteiger charge is 2.25. The molecule has 0 aliphatic heterocycles.